The highest BCUT2D eigenvalue weighted by molar-refractivity contribution is 6.17. The number of alkyl halides is 1. The molecule has 1 fully saturated rings. The highest BCUT2D eigenvalue weighted by Gasteiger charge is 2.24. The summed E-state index contributed by atoms with van der Waals surface area (Å²) in [7, 11) is 1.96. The summed E-state index contributed by atoms with van der Waals surface area (Å²) in [5, 5.41) is 0. The van der Waals surface area contributed by atoms with Gasteiger partial charge in [-0.25, -0.2) is 4.39 Å². The van der Waals surface area contributed by atoms with Gasteiger partial charge in [-0.1, -0.05) is 13.0 Å². The van der Waals surface area contributed by atoms with E-state index in [1.54, 1.807) is 0 Å². The second-order valence-corrected chi connectivity index (χ2v) is 5.49. The standard InChI is InChI=1S/C15H22ClFN2/c1-3-19-8-4-5-13(19)11-18(2)15-7-6-12(10-16)9-14(15)17/h6-7,9,13H,3-5,8,10-11H2,1-2H3. The third kappa shape index (κ3) is 3.40. The van der Waals surface area contributed by atoms with Crippen molar-refractivity contribution in [2.75, 3.05) is 31.6 Å². The smallest absolute Gasteiger partial charge is 0.146 e. The molecule has 0 bridgehead atoms. The summed E-state index contributed by atoms with van der Waals surface area (Å²) in [4.78, 5) is 4.49. The van der Waals surface area contributed by atoms with Crippen molar-refractivity contribution in [1.82, 2.24) is 4.90 Å². The van der Waals surface area contributed by atoms with Gasteiger partial charge in [-0.15, -0.1) is 11.6 Å². The molecule has 1 heterocycles. The molecule has 1 aromatic rings. The van der Waals surface area contributed by atoms with E-state index in [2.05, 4.69) is 11.8 Å². The quantitative estimate of drug-likeness (QED) is 0.764. The molecule has 2 nitrogen and oxygen atoms in total. The molecule has 1 aromatic carbocycles. The molecular formula is C15H22ClFN2. The fraction of sp³-hybridized carbons (Fsp3) is 0.600. The number of halogens is 2. The van der Waals surface area contributed by atoms with Crippen LogP contribution in [0.1, 0.15) is 25.3 Å². The first-order valence-electron chi connectivity index (χ1n) is 6.95. The highest BCUT2D eigenvalue weighted by atomic mass is 35.5. The molecule has 1 saturated heterocycles. The maximum atomic E-state index is 14.0. The van der Waals surface area contributed by atoms with Gasteiger partial charge in [0.15, 0.2) is 0 Å². The van der Waals surface area contributed by atoms with Crippen molar-refractivity contribution in [3.05, 3.63) is 29.6 Å². The summed E-state index contributed by atoms with van der Waals surface area (Å²) < 4.78 is 14.0. The van der Waals surface area contributed by atoms with Crippen LogP contribution in [0.4, 0.5) is 10.1 Å². The van der Waals surface area contributed by atoms with Crippen molar-refractivity contribution >= 4 is 17.3 Å². The number of hydrogen-bond donors (Lipinski definition) is 0. The molecule has 1 aliphatic rings. The molecule has 2 rings (SSSR count). The molecule has 0 amide bonds. The second kappa shape index (κ2) is 6.58. The molecule has 0 spiro atoms. The van der Waals surface area contributed by atoms with E-state index in [9.17, 15) is 4.39 Å². The van der Waals surface area contributed by atoms with E-state index < -0.39 is 0 Å². The molecule has 0 saturated carbocycles. The Morgan fingerprint density at radius 3 is 2.89 bits per heavy atom. The summed E-state index contributed by atoms with van der Waals surface area (Å²) in [6.45, 7) is 5.31. The number of hydrogen-bond acceptors (Lipinski definition) is 2. The van der Waals surface area contributed by atoms with Crippen molar-refractivity contribution in [3.8, 4) is 0 Å². The summed E-state index contributed by atoms with van der Waals surface area (Å²) >= 11 is 5.72. The van der Waals surface area contributed by atoms with Crippen LogP contribution in [-0.4, -0.2) is 37.6 Å². The number of benzene rings is 1. The lowest BCUT2D eigenvalue weighted by molar-refractivity contribution is 0.270. The molecule has 1 aliphatic heterocycles. The van der Waals surface area contributed by atoms with E-state index in [1.165, 1.54) is 25.5 Å². The molecule has 0 aliphatic carbocycles. The van der Waals surface area contributed by atoms with Crippen LogP contribution < -0.4 is 4.90 Å². The van der Waals surface area contributed by atoms with Gasteiger partial charge in [0.25, 0.3) is 0 Å². The molecular weight excluding hydrogens is 263 g/mol. The number of likely N-dealkylation sites (tertiary alicyclic amines) is 1. The largest absolute Gasteiger partial charge is 0.371 e. The lowest BCUT2D eigenvalue weighted by Crippen LogP contribution is -2.39. The fourth-order valence-corrected chi connectivity index (χ4v) is 3.04. The Balaban J connectivity index is 2.05. The van der Waals surface area contributed by atoms with E-state index in [0.717, 1.165) is 18.7 Å². The molecule has 0 N–H and O–H groups in total. The van der Waals surface area contributed by atoms with E-state index >= 15 is 0 Å². The van der Waals surface area contributed by atoms with Crippen LogP contribution in [0.2, 0.25) is 0 Å². The fourth-order valence-electron chi connectivity index (χ4n) is 2.88. The van der Waals surface area contributed by atoms with Gasteiger partial charge >= 0.3 is 0 Å². The molecule has 0 radical (unpaired) electrons. The van der Waals surface area contributed by atoms with Crippen LogP contribution in [-0.2, 0) is 5.88 Å². The Hall–Kier alpha value is -0.800. The van der Waals surface area contributed by atoms with Crippen molar-refractivity contribution in [2.24, 2.45) is 0 Å². The van der Waals surface area contributed by atoms with E-state index in [0.29, 0.717) is 17.6 Å². The molecule has 1 unspecified atom stereocenters. The normalized spacial score (nSPS) is 19.9. The van der Waals surface area contributed by atoms with Gasteiger partial charge in [0.05, 0.1) is 5.69 Å². The number of likely N-dealkylation sites (N-methyl/N-ethyl adjacent to an activating group) is 2. The molecule has 1 atom stereocenters. The van der Waals surface area contributed by atoms with Crippen LogP contribution in [0.5, 0.6) is 0 Å². The Bertz CT molecular complexity index is 425. The molecule has 19 heavy (non-hydrogen) atoms. The van der Waals surface area contributed by atoms with Crippen LogP contribution >= 0.6 is 11.6 Å². The van der Waals surface area contributed by atoms with Crippen molar-refractivity contribution in [2.45, 2.75) is 31.7 Å². The number of rotatable bonds is 5. The Labute approximate surface area is 120 Å². The molecule has 106 valence electrons. The van der Waals surface area contributed by atoms with Gasteiger partial charge in [-0.05, 0) is 43.6 Å². The first-order chi connectivity index (χ1) is 9.15. The summed E-state index contributed by atoms with van der Waals surface area (Å²) in [5.41, 5.74) is 1.49. The van der Waals surface area contributed by atoms with E-state index in [4.69, 9.17) is 11.6 Å². The van der Waals surface area contributed by atoms with Gasteiger partial charge in [0, 0.05) is 25.5 Å². The van der Waals surface area contributed by atoms with Gasteiger partial charge in [-0.3, -0.25) is 4.90 Å². The first kappa shape index (κ1) is 14.6. The van der Waals surface area contributed by atoms with Crippen molar-refractivity contribution in [1.29, 1.82) is 0 Å². The summed E-state index contributed by atoms with van der Waals surface area (Å²) in [6, 6.07) is 5.81. The second-order valence-electron chi connectivity index (χ2n) is 5.22. The van der Waals surface area contributed by atoms with Crippen LogP contribution in [0.15, 0.2) is 18.2 Å². The average Bonchev–Trinajstić information content (AvgIpc) is 2.85. The zero-order valence-corrected chi connectivity index (χ0v) is 12.5. The Kier molecular flexibility index (Phi) is 5.06. The maximum Gasteiger partial charge on any atom is 0.146 e. The number of anilines is 1. The average molecular weight is 285 g/mol. The zero-order chi connectivity index (χ0) is 13.8. The third-order valence-electron chi connectivity index (χ3n) is 3.97. The van der Waals surface area contributed by atoms with Crippen molar-refractivity contribution in [3.63, 3.8) is 0 Å². The van der Waals surface area contributed by atoms with Gasteiger partial charge in [-0.2, -0.15) is 0 Å². The lowest BCUT2D eigenvalue weighted by atomic mass is 10.1. The van der Waals surface area contributed by atoms with Crippen LogP contribution in [0.25, 0.3) is 0 Å². The van der Waals surface area contributed by atoms with Crippen LogP contribution in [0.3, 0.4) is 0 Å². The minimum Gasteiger partial charge on any atom is -0.371 e. The predicted molar refractivity (Wildman–Crippen MR) is 79.5 cm³/mol. The SMILES string of the molecule is CCN1CCCC1CN(C)c1ccc(CCl)cc1F. The Morgan fingerprint density at radius 1 is 1.47 bits per heavy atom. The number of nitrogens with zero attached hydrogens (tertiary/aromatic N) is 2. The summed E-state index contributed by atoms with van der Waals surface area (Å²) in [6.07, 6.45) is 2.46. The zero-order valence-electron chi connectivity index (χ0n) is 11.7. The topological polar surface area (TPSA) is 6.48 Å². The van der Waals surface area contributed by atoms with E-state index in [1.807, 2.05) is 24.1 Å². The third-order valence-corrected chi connectivity index (χ3v) is 4.28. The Morgan fingerprint density at radius 2 is 2.26 bits per heavy atom. The maximum absolute atomic E-state index is 14.0. The van der Waals surface area contributed by atoms with Gasteiger partial charge < -0.3 is 4.90 Å². The predicted octanol–water partition coefficient (Wildman–Crippen LogP) is 3.49. The van der Waals surface area contributed by atoms with E-state index in [-0.39, 0.29) is 5.82 Å². The van der Waals surface area contributed by atoms with Crippen LogP contribution in [0, 0.1) is 5.82 Å². The first-order valence-corrected chi connectivity index (χ1v) is 7.48. The minimum atomic E-state index is -0.179. The monoisotopic (exact) mass is 284 g/mol. The molecule has 0 aromatic heterocycles. The minimum absolute atomic E-state index is 0.179. The summed E-state index contributed by atoms with van der Waals surface area (Å²) in [5.74, 6) is 0.175. The lowest BCUT2D eigenvalue weighted by Gasteiger charge is -2.29. The van der Waals surface area contributed by atoms with Crippen molar-refractivity contribution < 1.29 is 4.39 Å². The highest BCUT2D eigenvalue weighted by Crippen LogP contribution is 2.23. The molecule has 4 heteroatoms. The van der Waals surface area contributed by atoms with Gasteiger partial charge in [0.2, 0.25) is 0 Å². The van der Waals surface area contributed by atoms with Gasteiger partial charge in [0.1, 0.15) is 5.82 Å².